The van der Waals surface area contributed by atoms with E-state index in [1.165, 1.54) is 25.7 Å². The number of unbranched alkanes of at least 4 members (excludes halogenated alkanes) is 5. The molecule has 6 N–H and O–H groups in total. The molecule has 8 heteroatoms. The van der Waals surface area contributed by atoms with Crippen LogP contribution >= 0.6 is 0 Å². The van der Waals surface area contributed by atoms with Crippen LogP contribution in [0.15, 0.2) is 24.3 Å². The quantitative estimate of drug-likeness (QED) is 0.238. The maximum absolute atomic E-state index is 12.2. The average molecular weight is 396 g/mol. The summed E-state index contributed by atoms with van der Waals surface area (Å²) in [7, 11) is 0. The van der Waals surface area contributed by atoms with E-state index in [1.54, 1.807) is 24.3 Å². The molecule has 0 spiro atoms. The van der Waals surface area contributed by atoms with Gasteiger partial charge in [-0.2, -0.15) is 0 Å². The maximum atomic E-state index is 12.2. The van der Waals surface area contributed by atoms with Gasteiger partial charge in [0.25, 0.3) is 5.91 Å². The van der Waals surface area contributed by atoms with Gasteiger partial charge in [0.15, 0.2) is 0 Å². The summed E-state index contributed by atoms with van der Waals surface area (Å²) in [5.74, 6) is -1.29. The van der Waals surface area contributed by atoms with Crippen LogP contribution in [0.4, 0.5) is 0 Å². The Morgan fingerprint density at radius 2 is 1.68 bits per heavy atom. The number of aliphatic hydroxyl groups is 2. The Morgan fingerprint density at radius 3 is 2.25 bits per heavy atom. The zero-order valence-corrected chi connectivity index (χ0v) is 16.3. The Bertz CT molecular complexity index is 591. The lowest BCUT2D eigenvalue weighted by Gasteiger charge is -2.19. The molecule has 0 heterocycles. The predicted octanol–water partition coefficient (Wildman–Crippen LogP) is 1.64. The van der Waals surface area contributed by atoms with E-state index in [0.717, 1.165) is 12.8 Å². The van der Waals surface area contributed by atoms with Crippen LogP contribution in [0.2, 0.25) is 0 Å². The van der Waals surface area contributed by atoms with Crippen molar-refractivity contribution < 1.29 is 29.6 Å². The summed E-state index contributed by atoms with van der Waals surface area (Å²) in [4.78, 5) is 23.5. The van der Waals surface area contributed by atoms with Gasteiger partial charge in [-0.25, -0.2) is 4.79 Å². The summed E-state index contributed by atoms with van der Waals surface area (Å²) in [6.45, 7) is 2.79. The monoisotopic (exact) mass is 396 g/mol. The third kappa shape index (κ3) is 9.16. The van der Waals surface area contributed by atoms with E-state index < -0.39 is 36.7 Å². The number of benzene rings is 1. The molecule has 0 saturated heterocycles. The van der Waals surface area contributed by atoms with Crippen LogP contribution in [-0.4, -0.2) is 52.2 Å². The van der Waals surface area contributed by atoms with E-state index in [2.05, 4.69) is 12.2 Å². The number of hydrogen-bond acceptors (Lipinski definition) is 6. The number of rotatable bonds is 14. The lowest BCUT2D eigenvalue weighted by molar-refractivity contribution is -0.140. The number of carbonyl (C=O) groups excluding carboxylic acids is 1. The van der Waals surface area contributed by atoms with Crippen LogP contribution < -0.4 is 15.8 Å². The topological polar surface area (TPSA) is 142 Å². The molecular weight excluding hydrogens is 364 g/mol. The third-order valence-corrected chi connectivity index (χ3v) is 4.36. The molecule has 1 aromatic carbocycles. The van der Waals surface area contributed by atoms with Crippen molar-refractivity contribution in [1.29, 1.82) is 0 Å². The first-order chi connectivity index (χ1) is 13.3. The van der Waals surface area contributed by atoms with E-state index in [4.69, 9.17) is 20.7 Å². The van der Waals surface area contributed by atoms with Crippen LogP contribution in [0, 0.1) is 0 Å². The van der Waals surface area contributed by atoms with Gasteiger partial charge < -0.3 is 31.1 Å². The first kappa shape index (κ1) is 23.9. The van der Waals surface area contributed by atoms with E-state index in [0.29, 0.717) is 12.4 Å². The first-order valence-corrected chi connectivity index (χ1v) is 9.73. The molecule has 3 atom stereocenters. The Hall–Kier alpha value is -2.16. The summed E-state index contributed by atoms with van der Waals surface area (Å²) in [5.41, 5.74) is 5.37. The van der Waals surface area contributed by atoms with Gasteiger partial charge in [0.05, 0.1) is 12.7 Å². The van der Waals surface area contributed by atoms with Gasteiger partial charge in [0.1, 0.15) is 18.0 Å². The van der Waals surface area contributed by atoms with Gasteiger partial charge in [0.2, 0.25) is 0 Å². The molecule has 0 aliphatic rings. The van der Waals surface area contributed by atoms with Crippen molar-refractivity contribution in [3.63, 3.8) is 0 Å². The normalized spacial score (nSPS) is 14.1. The van der Waals surface area contributed by atoms with Crippen molar-refractivity contribution in [2.24, 2.45) is 5.73 Å². The fourth-order valence-electron chi connectivity index (χ4n) is 2.62. The van der Waals surface area contributed by atoms with Crippen LogP contribution in [0.5, 0.6) is 5.75 Å². The lowest BCUT2D eigenvalue weighted by Crippen LogP contribution is -2.46. The molecule has 0 aliphatic heterocycles. The summed E-state index contributed by atoms with van der Waals surface area (Å²) in [6.07, 6.45) is 3.59. The summed E-state index contributed by atoms with van der Waals surface area (Å²) in [6, 6.07) is 5.02. The Kier molecular flexibility index (Phi) is 11.2. The average Bonchev–Trinajstić information content (AvgIpc) is 2.66. The number of aliphatic hydroxyl groups excluding tert-OH is 2. The molecule has 1 rings (SSSR count). The molecule has 1 aromatic rings. The number of nitrogens with two attached hydrogens (primary N) is 1. The highest BCUT2D eigenvalue weighted by Crippen LogP contribution is 2.14. The number of nitrogens with one attached hydrogen (secondary N) is 1. The number of ether oxygens (including phenoxy) is 1. The SMILES string of the molecule is CCCCCCCCOc1ccc(C(=O)N[C@@H](CC(O)C(N)O)C(=O)O)cc1. The van der Waals surface area contributed by atoms with Crippen LogP contribution in [0.25, 0.3) is 0 Å². The number of carbonyl (C=O) groups is 2. The highest BCUT2D eigenvalue weighted by atomic mass is 16.5. The number of carboxylic acid groups (broad SMARTS) is 1. The van der Waals surface area contributed by atoms with E-state index in [1.807, 2.05) is 0 Å². The van der Waals surface area contributed by atoms with Gasteiger partial charge >= 0.3 is 5.97 Å². The highest BCUT2D eigenvalue weighted by molar-refractivity contribution is 5.96. The Labute approximate surface area is 165 Å². The molecule has 0 aromatic heterocycles. The number of hydrogen-bond donors (Lipinski definition) is 5. The molecule has 28 heavy (non-hydrogen) atoms. The summed E-state index contributed by atoms with van der Waals surface area (Å²) in [5, 5.41) is 30.1. The molecule has 8 nitrogen and oxygen atoms in total. The molecule has 0 aliphatic carbocycles. The minimum Gasteiger partial charge on any atom is -0.494 e. The number of amides is 1. The van der Waals surface area contributed by atoms with Crippen molar-refractivity contribution in [3.05, 3.63) is 29.8 Å². The van der Waals surface area contributed by atoms with Gasteiger partial charge in [0, 0.05) is 12.0 Å². The van der Waals surface area contributed by atoms with Gasteiger partial charge in [-0.05, 0) is 30.7 Å². The van der Waals surface area contributed by atoms with Crippen molar-refractivity contribution >= 4 is 11.9 Å². The molecule has 0 fully saturated rings. The second kappa shape index (κ2) is 13.1. The van der Waals surface area contributed by atoms with E-state index in [9.17, 15) is 14.7 Å². The fraction of sp³-hybridized carbons (Fsp3) is 0.600. The summed E-state index contributed by atoms with van der Waals surface area (Å²) < 4.78 is 5.65. The zero-order chi connectivity index (χ0) is 20.9. The van der Waals surface area contributed by atoms with Crippen molar-refractivity contribution in [3.8, 4) is 5.75 Å². The van der Waals surface area contributed by atoms with E-state index >= 15 is 0 Å². The molecular formula is C20H32N2O6. The standard InChI is InChI=1S/C20H32N2O6/c1-2-3-4-5-6-7-12-28-15-10-8-14(9-11-15)19(25)22-16(20(26)27)13-17(23)18(21)24/h8-11,16-18,23-24H,2-7,12-13,21H2,1H3,(H,22,25)(H,26,27)/t16-,17?,18?/m0/s1. The highest BCUT2D eigenvalue weighted by Gasteiger charge is 2.26. The van der Waals surface area contributed by atoms with Crippen molar-refractivity contribution in [2.45, 2.75) is 70.2 Å². The second-order valence-corrected chi connectivity index (χ2v) is 6.80. The molecule has 0 saturated carbocycles. The molecule has 0 radical (unpaired) electrons. The maximum Gasteiger partial charge on any atom is 0.326 e. The zero-order valence-electron chi connectivity index (χ0n) is 16.3. The molecule has 1 amide bonds. The minimum absolute atomic E-state index is 0.265. The Balaban J connectivity index is 2.46. The number of aliphatic carboxylic acids is 1. The first-order valence-electron chi connectivity index (χ1n) is 9.73. The second-order valence-electron chi connectivity index (χ2n) is 6.80. The largest absolute Gasteiger partial charge is 0.494 e. The van der Waals surface area contributed by atoms with Gasteiger partial charge in [-0.3, -0.25) is 4.79 Å². The third-order valence-electron chi connectivity index (χ3n) is 4.36. The van der Waals surface area contributed by atoms with Crippen LogP contribution in [0.3, 0.4) is 0 Å². The molecule has 2 unspecified atom stereocenters. The van der Waals surface area contributed by atoms with Crippen molar-refractivity contribution in [2.75, 3.05) is 6.61 Å². The van der Waals surface area contributed by atoms with Gasteiger partial charge in [-0.1, -0.05) is 39.0 Å². The fourth-order valence-corrected chi connectivity index (χ4v) is 2.62. The number of carboxylic acids is 1. The molecule has 158 valence electrons. The predicted molar refractivity (Wildman–Crippen MR) is 105 cm³/mol. The van der Waals surface area contributed by atoms with E-state index in [-0.39, 0.29) is 5.56 Å². The molecule has 0 bridgehead atoms. The van der Waals surface area contributed by atoms with Crippen LogP contribution in [0.1, 0.15) is 62.2 Å². The smallest absolute Gasteiger partial charge is 0.326 e. The summed E-state index contributed by atoms with van der Waals surface area (Å²) >= 11 is 0. The van der Waals surface area contributed by atoms with Gasteiger partial charge in [-0.15, -0.1) is 0 Å². The van der Waals surface area contributed by atoms with Crippen molar-refractivity contribution in [1.82, 2.24) is 5.32 Å². The minimum atomic E-state index is -1.58. The van der Waals surface area contributed by atoms with Crippen LogP contribution in [-0.2, 0) is 4.79 Å². The Morgan fingerprint density at radius 1 is 1.07 bits per heavy atom. The lowest BCUT2D eigenvalue weighted by atomic mass is 10.1.